The van der Waals surface area contributed by atoms with Gasteiger partial charge in [0.15, 0.2) is 0 Å². The smallest absolute Gasteiger partial charge is 0.224 e. The van der Waals surface area contributed by atoms with Gasteiger partial charge in [0.2, 0.25) is 5.91 Å². The van der Waals surface area contributed by atoms with Crippen LogP contribution in [0.2, 0.25) is 0 Å². The van der Waals surface area contributed by atoms with Crippen LogP contribution in [0, 0.1) is 0 Å². The molecule has 0 aliphatic heterocycles. The average Bonchev–Trinajstić information content (AvgIpc) is 2.70. The molecule has 0 aromatic heterocycles. The van der Waals surface area contributed by atoms with Crippen molar-refractivity contribution in [3.05, 3.63) is 34.3 Å². The third-order valence-electron chi connectivity index (χ3n) is 2.97. The molecule has 0 heterocycles. The first-order chi connectivity index (χ1) is 7.74. The van der Waals surface area contributed by atoms with E-state index in [2.05, 4.69) is 21.2 Å². The quantitative estimate of drug-likeness (QED) is 0.907. The molecular weight excluding hydrogens is 266 g/mol. The molecule has 2 nitrogen and oxygen atoms in total. The molecule has 1 aromatic carbocycles. The van der Waals surface area contributed by atoms with Crippen LogP contribution in [0.4, 0.5) is 0 Å². The fraction of sp³-hybridized carbons (Fsp3) is 0.462. The van der Waals surface area contributed by atoms with Gasteiger partial charge >= 0.3 is 0 Å². The van der Waals surface area contributed by atoms with E-state index in [4.69, 9.17) is 0 Å². The molecule has 1 aliphatic rings. The molecule has 0 atom stereocenters. The topological polar surface area (TPSA) is 29.1 Å². The van der Waals surface area contributed by atoms with Gasteiger partial charge in [-0.25, -0.2) is 0 Å². The maximum Gasteiger partial charge on any atom is 0.224 e. The molecular formula is C13H16BrNO. The molecule has 1 saturated carbocycles. The summed E-state index contributed by atoms with van der Waals surface area (Å²) in [6.07, 6.45) is 5.27. The van der Waals surface area contributed by atoms with Gasteiger partial charge in [-0.2, -0.15) is 0 Å². The third kappa shape index (κ3) is 3.34. The predicted octanol–water partition coefficient (Wildman–Crippen LogP) is 3.05. The van der Waals surface area contributed by atoms with E-state index in [-0.39, 0.29) is 5.91 Å². The number of amides is 1. The summed E-state index contributed by atoms with van der Waals surface area (Å²) in [4.78, 5) is 11.8. The summed E-state index contributed by atoms with van der Waals surface area (Å²) >= 11 is 3.41. The molecule has 0 radical (unpaired) electrons. The second-order valence-electron chi connectivity index (χ2n) is 4.36. The van der Waals surface area contributed by atoms with Crippen LogP contribution in [0.25, 0.3) is 0 Å². The van der Waals surface area contributed by atoms with Crippen LogP contribution in [0.1, 0.15) is 31.2 Å². The summed E-state index contributed by atoms with van der Waals surface area (Å²) in [6.45, 7) is 0. The maximum absolute atomic E-state index is 11.8. The Morgan fingerprint density at radius 1 is 1.38 bits per heavy atom. The molecule has 86 valence electrons. The van der Waals surface area contributed by atoms with Gasteiger partial charge in [-0.15, -0.1) is 0 Å². The van der Waals surface area contributed by atoms with Gasteiger partial charge in [-0.1, -0.05) is 40.9 Å². The van der Waals surface area contributed by atoms with E-state index in [0.29, 0.717) is 12.5 Å². The Hall–Kier alpha value is -0.830. The molecule has 3 heteroatoms. The average molecular weight is 282 g/mol. The van der Waals surface area contributed by atoms with Gasteiger partial charge in [0.25, 0.3) is 0 Å². The first-order valence-electron chi connectivity index (χ1n) is 5.78. The molecule has 0 saturated heterocycles. The molecule has 2 rings (SSSR count). The lowest BCUT2D eigenvalue weighted by Crippen LogP contribution is -2.33. The minimum absolute atomic E-state index is 0.144. The fourth-order valence-electron chi connectivity index (χ4n) is 2.18. The second kappa shape index (κ2) is 5.48. The van der Waals surface area contributed by atoms with Crippen molar-refractivity contribution in [1.29, 1.82) is 0 Å². The first-order valence-corrected chi connectivity index (χ1v) is 6.57. The summed E-state index contributed by atoms with van der Waals surface area (Å²) in [7, 11) is 0. The Bertz CT molecular complexity index is 372. The Morgan fingerprint density at radius 3 is 2.81 bits per heavy atom. The number of rotatable bonds is 3. The SMILES string of the molecule is O=C(Cc1cccc(Br)c1)NC1CCCC1. The largest absolute Gasteiger partial charge is 0.353 e. The maximum atomic E-state index is 11.8. The highest BCUT2D eigenvalue weighted by Crippen LogP contribution is 2.18. The lowest BCUT2D eigenvalue weighted by atomic mass is 10.1. The number of hydrogen-bond acceptors (Lipinski definition) is 1. The van der Waals surface area contributed by atoms with E-state index < -0.39 is 0 Å². The van der Waals surface area contributed by atoms with E-state index in [1.807, 2.05) is 24.3 Å². The highest BCUT2D eigenvalue weighted by Gasteiger charge is 2.16. The number of carbonyl (C=O) groups excluding carboxylic acids is 1. The van der Waals surface area contributed by atoms with E-state index in [0.717, 1.165) is 22.9 Å². The van der Waals surface area contributed by atoms with Crippen molar-refractivity contribution >= 4 is 21.8 Å². The van der Waals surface area contributed by atoms with Crippen molar-refractivity contribution in [1.82, 2.24) is 5.32 Å². The van der Waals surface area contributed by atoms with Gasteiger partial charge in [0, 0.05) is 10.5 Å². The molecule has 1 aliphatic carbocycles. The van der Waals surface area contributed by atoms with Crippen molar-refractivity contribution in [2.45, 2.75) is 38.1 Å². The van der Waals surface area contributed by atoms with E-state index in [1.165, 1.54) is 12.8 Å². The standard InChI is InChI=1S/C13H16BrNO/c14-11-5-3-4-10(8-11)9-13(16)15-12-6-1-2-7-12/h3-5,8,12H,1-2,6-7,9H2,(H,15,16). The van der Waals surface area contributed by atoms with Crippen LogP contribution in [-0.2, 0) is 11.2 Å². The molecule has 1 fully saturated rings. The van der Waals surface area contributed by atoms with E-state index >= 15 is 0 Å². The van der Waals surface area contributed by atoms with Crippen molar-refractivity contribution in [2.75, 3.05) is 0 Å². The molecule has 0 unspecified atom stereocenters. The van der Waals surface area contributed by atoms with Crippen molar-refractivity contribution in [3.63, 3.8) is 0 Å². The summed E-state index contributed by atoms with van der Waals surface area (Å²) in [5, 5.41) is 3.09. The predicted molar refractivity (Wildman–Crippen MR) is 68.2 cm³/mol. The van der Waals surface area contributed by atoms with Crippen LogP contribution in [0.5, 0.6) is 0 Å². The Labute approximate surface area is 105 Å². The van der Waals surface area contributed by atoms with Gasteiger partial charge in [0.05, 0.1) is 6.42 Å². The Kier molecular flexibility index (Phi) is 3.99. The lowest BCUT2D eigenvalue weighted by Gasteiger charge is -2.11. The Balaban J connectivity index is 1.86. The minimum atomic E-state index is 0.144. The number of hydrogen-bond donors (Lipinski definition) is 1. The van der Waals surface area contributed by atoms with Crippen LogP contribution >= 0.6 is 15.9 Å². The third-order valence-corrected chi connectivity index (χ3v) is 3.47. The van der Waals surface area contributed by atoms with Gasteiger partial charge in [0.1, 0.15) is 0 Å². The number of benzene rings is 1. The number of carbonyl (C=O) groups is 1. The zero-order valence-corrected chi connectivity index (χ0v) is 10.8. The molecule has 0 bridgehead atoms. The van der Waals surface area contributed by atoms with Crippen LogP contribution in [-0.4, -0.2) is 11.9 Å². The fourth-order valence-corrected chi connectivity index (χ4v) is 2.63. The van der Waals surface area contributed by atoms with Crippen molar-refractivity contribution in [3.8, 4) is 0 Å². The monoisotopic (exact) mass is 281 g/mol. The first kappa shape index (κ1) is 11.6. The summed E-state index contributed by atoms with van der Waals surface area (Å²) in [5.74, 6) is 0.144. The van der Waals surface area contributed by atoms with Crippen LogP contribution in [0.15, 0.2) is 28.7 Å². The summed E-state index contributed by atoms with van der Waals surface area (Å²) in [5.41, 5.74) is 1.06. The zero-order chi connectivity index (χ0) is 11.4. The van der Waals surface area contributed by atoms with Gasteiger partial charge in [-0.05, 0) is 30.5 Å². The molecule has 16 heavy (non-hydrogen) atoms. The normalized spacial score (nSPS) is 16.3. The van der Waals surface area contributed by atoms with E-state index in [9.17, 15) is 4.79 Å². The number of nitrogens with one attached hydrogen (secondary N) is 1. The van der Waals surface area contributed by atoms with E-state index in [1.54, 1.807) is 0 Å². The summed E-state index contributed by atoms with van der Waals surface area (Å²) in [6, 6.07) is 8.33. The Morgan fingerprint density at radius 2 is 2.12 bits per heavy atom. The zero-order valence-electron chi connectivity index (χ0n) is 9.21. The lowest BCUT2D eigenvalue weighted by molar-refractivity contribution is -0.121. The highest BCUT2D eigenvalue weighted by atomic mass is 79.9. The summed E-state index contributed by atoms with van der Waals surface area (Å²) < 4.78 is 1.03. The minimum Gasteiger partial charge on any atom is -0.353 e. The van der Waals surface area contributed by atoms with Crippen molar-refractivity contribution in [2.24, 2.45) is 0 Å². The molecule has 1 amide bonds. The number of halogens is 1. The molecule has 1 aromatic rings. The van der Waals surface area contributed by atoms with Crippen LogP contribution in [0.3, 0.4) is 0 Å². The van der Waals surface area contributed by atoms with Crippen molar-refractivity contribution < 1.29 is 4.79 Å². The molecule has 0 spiro atoms. The second-order valence-corrected chi connectivity index (χ2v) is 5.27. The highest BCUT2D eigenvalue weighted by molar-refractivity contribution is 9.10. The van der Waals surface area contributed by atoms with Gasteiger partial charge in [-0.3, -0.25) is 4.79 Å². The van der Waals surface area contributed by atoms with Crippen LogP contribution < -0.4 is 5.32 Å². The molecule has 1 N–H and O–H groups in total. The van der Waals surface area contributed by atoms with Gasteiger partial charge < -0.3 is 5.32 Å².